The highest BCUT2D eigenvalue weighted by molar-refractivity contribution is 5.77. The van der Waals surface area contributed by atoms with Crippen molar-refractivity contribution in [1.82, 2.24) is 5.32 Å². The lowest BCUT2D eigenvalue weighted by atomic mass is 10.0. The van der Waals surface area contributed by atoms with E-state index in [0.717, 1.165) is 83.5 Å². The predicted octanol–water partition coefficient (Wildman–Crippen LogP) is 14.1. The van der Waals surface area contributed by atoms with E-state index in [4.69, 9.17) is 4.74 Å². The number of carbonyl (C=O) groups excluding carboxylic acids is 2. The Labute approximate surface area is 352 Å². The van der Waals surface area contributed by atoms with Crippen LogP contribution in [0.5, 0.6) is 0 Å². The molecule has 330 valence electrons. The highest BCUT2D eigenvalue weighted by Gasteiger charge is 2.24. The normalized spacial score (nSPS) is 13.8. The van der Waals surface area contributed by atoms with Crippen LogP contribution in [-0.2, 0) is 14.3 Å². The molecule has 0 spiro atoms. The molecule has 0 bridgehead atoms. The molecule has 0 aromatic rings. The smallest absolute Gasteiger partial charge is 0.306 e. The van der Waals surface area contributed by atoms with Crippen LogP contribution in [0.15, 0.2) is 60.8 Å². The van der Waals surface area contributed by atoms with E-state index in [1.54, 1.807) is 0 Å². The van der Waals surface area contributed by atoms with Crippen LogP contribution in [0.2, 0.25) is 0 Å². The molecule has 0 aliphatic carbocycles. The molecule has 0 saturated carbocycles. The fraction of sp³-hybridized carbons (Fsp3) is 0.765. The molecular formula is C51H91NO5. The summed E-state index contributed by atoms with van der Waals surface area (Å²) in [6, 6.07) is -0.717. The first-order chi connectivity index (χ1) is 28.0. The zero-order chi connectivity index (χ0) is 41.7. The number of hydrogen-bond acceptors (Lipinski definition) is 5. The van der Waals surface area contributed by atoms with Gasteiger partial charge in [-0.1, -0.05) is 204 Å². The van der Waals surface area contributed by atoms with E-state index in [2.05, 4.69) is 62.5 Å². The predicted molar refractivity (Wildman–Crippen MR) is 245 cm³/mol. The third-order valence-electron chi connectivity index (χ3n) is 10.7. The molecule has 57 heavy (non-hydrogen) atoms. The third-order valence-corrected chi connectivity index (χ3v) is 10.7. The van der Waals surface area contributed by atoms with Gasteiger partial charge in [0, 0.05) is 6.42 Å². The minimum absolute atomic E-state index is 0.0443. The summed E-state index contributed by atoms with van der Waals surface area (Å²) in [6.45, 7) is 6.31. The standard InChI is InChI=1S/C51H91NO5/c1-4-7-10-13-16-19-22-25-27-30-33-36-39-42-47(57-51(56)44-41-38-35-32-29-26-23-20-17-14-11-8-5-2)45-50(55)52-48(46-53)49(54)43-40-37-34-31-28-24-21-18-15-12-9-6-3/h7,10,13,16,19,22,25-27,29,47-49,53-54H,4-6,8-9,11-12,14-15,17-18,20-21,23-24,28,30-46H2,1-3H3,(H,52,55)/b10-7+,16-13+,22-19+,27-25-,29-26-. The Morgan fingerprint density at radius 2 is 0.965 bits per heavy atom. The van der Waals surface area contributed by atoms with Gasteiger partial charge in [-0.15, -0.1) is 0 Å². The second-order valence-corrected chi connectivity index (χ2v) is 16.2. The van der Waals surface area contributed by atoms with Crippen LogP contribution < -0.4 is 5.32 Å². The summed E-state index contributed by atoms with van der Waals surface area (Å²) in [7, 11) is 0. The minimum Gasteiger partial charge on any atom is -0.462 e. The highest BCUT2D eigenvalue weighted by atomic mass is 16.5. The van der Waals surface area contributed by atoms with Gasteiger partial charge in [0.15, 0.2) is 0 Å². The minimum atomic E-state index is -0.801. The zero-order valence-corrected chi connectivity index (χ0v) is 37.5. The van der Waals surface area contributed by atoms with Crippen LogP contribution in [0.3, 0.4) is 0 Å². The first-order valence-corrected chi connectivity index (χ1v) is 24.1. The van der Waals surface area contributed by atoms with Crippen molar-refractivity contribution in [3.8, 4) is 0 Å². The zero-order valence-electron chi connectivity index (χ0n) is 37.5. The molecule has 0 fully saturated rings. The Balaban J connectivity index is 4.68. The van der Waals surface area contributed by atoms with Gasteiger partial charge in [0.1, 0.15) is 6.10 Å². The number of aliphatic hydroxyl groups is 2. The van der Waals surface area contributed by atoms with E-state index in [9.17, 15) is 19.8 Å². The van der Waals surface area contributed by atoms with E-state index < -0.39 is 18.2 Å². The summed E-state index contributed by atoms with van der Waals surface area (Å²) in [6.07, 6.45) is 54.2. The highest BCUT2D eigenvalue weighted by Crippen LogP contribution is 2.17. The number of aliphatic hydroxyl groups excluding tert-OH is 2. The van der Waals surface area contributed by atoms with Crippen LogP contribution in [-0.4, -0.2) is 46.9 Å². The number of ether oxygens (including phenoxy) is 1. The summed E-state index contributed by atoms with van der Waals surface area (Å²) in [5.74, 6) is -0.534. The van der Waals surface area contributed by atoms with E-state index in [-0.39, 0.29) is 24.9 Å². The molecule has 0 aliphatic heterocycles. The monoisotopic (exact) mass is 798 g/mol. The van der Waals surface area contributed by atoms with Crippen LogP contribution in [0.4, 0.5) is 0 Å². The van der Waals surface area contributed by atoms with E-state index >= 15 is 0 Å². The summed E-state index contributed by atoms with van der Waals surface area (Å²) in [5, 5.41) is 23.7. The van der Waals surface area contributed by atoms with Crippen molar-refractivity contribution >= 4 is 11.9 Å². The topological polar surface area (TPSA) is 95.9 Å². The van der Waals surface area contributed by atoms with Crippen molar-refractivity contribution in [3.05, 3.63) is 60.8 Å². The number of hydrogen-bond donors (Lipinski definition) is 3. The lowest BCUT2D eigenvalue weighted by Crippen LogP contribution is -2.46. The van der Waals surface area contributed by atoms with Crippen LogP contribution >= 0.6 is 0 Å². The Hall–Kier alpha value is -2.44. The number of amides is 1. The van der Waals surface area contributed by atoms with Crippen LogP contribution in [0, 0.1) is 0 Å². The average Bonchev–Trinajstić information content (AvgIpc) is 3.20. The summed E-state index contributed by atoms with van der Waals surface area (Å²) in [4.78, 5) is 26.0. The van der Waals surface area contributed by atoms with Gasteiger partial charge in [-0.3, -0.25) is 9.59 Å². The molecule has 0 radical (unpaired) electrons. The van der Waals surface area contributed by atoms with Crippen molar-refractivity contribution in [2.45, 2.75) is 244 Å². The number of nitrogens with one attached hydrogen (secondary N) is 1. The van der Waals surface area contributed by atoms with Crippen molar-refractivity contribution in [2.75, 3.05) is 6.61 Å². The average molecular weight is 798 g/mol. The quantitative estimate of drug-likeness (QED) is 0.0247. The number of esters is 1. The lowest BCUT2D eigenvalue weighted by molar-refractivity contribution is -0.151. The third kappa shape index (κ3) is 40.1. The summed E-state index contributed by atoms with van der Waals surface area (Å²) < 4.78 is 5.89. The molecule has 3 N–H and O–H groups in total. The second kappa shape index (κ2) is 44.7. The van der Waals surface area contributed by atoms with E-state index in [0.29, 0.717) is 19.3 Å². The molecule has 0 heterocycles. The molecule has 1 amide bonds. The Morgan fingerprint density at radius 1 is 0.526 bits per heavy atom. The van der Waals surface area contributed by atoms with Gasteiger partial charge < -0.3 is 20.3 Å². The summed E-state index contributed by atoms with van der Waals surface area (Å²) in [5.41, 5.74) is 0. The van der Waals surface area contributed by atoms with Crippen molar-refractivity contribution in [1.29, 1.82) is 0 Å². The fourth-order valence-electron chi connectivity index (χ4n) is 7.02. The molecule has 0 aliphatic rings. The first-order valence-electron chi connectivity index (χ1n) is 24.1. The molecule has 0 saturated heterocycles. The molecule has 3 unspecified atom stereocenters. The molecule has 6 nitrogen and oxygen atoms in total. The Kier molecular flexibility index (Phi) is 42.7. The van der Waals surface area contributed by atoms with Crippen molar-refractivity contribution in [3.63, 3.8) is 0 Å². The molecule has 3 atom stereocenters. The first kappa shape index (κ1) is 54.6. The number of unbranched alkanes of at least 4 members (excludes halogenated alkanes) is 23. The number of rotatable bonds is 42. The van der Waals surface area contributed by atoms with Gasteiger partial charge in [-0.2, -0.15) is 0 Å². The maximum Gasteiger partial charge on any atom is 0.306 e. The Morgan fingerprint density at radius 3 is 1.51 bits per heavy atom. The SMILES string of the molecule is CC/C=C/C=C/C=C/C=C\CCCCCC(CC(=O)NC(CO)C(O)CCCCCCCCCCCCCC)OC(=O)CCCCC/C=C\CCCCCCCC. The van der Waals surface area contributed by atoms with Crippen LogP contribution in [0.25, 0.3) is 0 Å². The summed E-state index contributed by atoms with van der Waals surface area (Å²) >= 11 is 0. The number of carbonyl (C=O) groups is 2. The van der Waals surface area contributed by atoms with Crippen molar-refractivity contribution in [2.24, 2.45) is 0 Å². The fourth-order valence-corrected chi connectivity index (χ4v) is 7.02. The van der Waals surface area contributed by atoms with Gasteiger partial charge >= 0.3 is 5.97 Å². The van der Waals surface area contributed by atoms with Gasteiger partial charge in [0.2, 0.25) is 5.91 Å². The van der Waals surface area contributed by atoms with E-state index in [1.807, 2.05) is 24.3 Å². The van der Waals surface area contributed by atoms with Gasteiger partial charge in [-0.05, 0) is 70.6 Å². The molecule has 6 heteroatoms. The largest absolute Gasteiger partial charge is 0.462 e. The maximum atomic E-state index is 13.1. The number of allylic oxidation sites excluding steroid dienone is 10. The molecule has 0 rings (SSSR count). The van der Waals surface area contributed by atoms with Crippen LogP contribution in [0.1, 0.15) is 226 Å². The molecular weight excluding hydrogens is 707 g/mol. The lowest BCUT2D eigenvalue weighted by Gasteiger charge is -2.24. The van der Waals surface area contributed by atoms with Gasteiger partial charge in [-0.25, -0.2) is 0 Å². The van der Waals surface area contributed by atoms with Gasteiger partial charge in [0.05, 0.1) is 25.2 Å². The maximum absolute atomic E-state index is 13.1. The van der Waals surface area contributed by atoms with Gasteiger partial charge in [0.25, 0.3) is 0 Å². The van der Waals surface area contributed by atoms with E-state index in [1.165, 1.54) is 96.3 Å². The van der Waals surface area contributed by atoms with Crippen molar-refractivity contribution < 1.29 is 24.5 Å². The molecule has 0 aromatic carbocycles. The molecule has 0 aromatic heterocycles. The second-order valence-electron chi connectivity index (χ2n) is 16.2. The Bertz CT molecular complexity index is 1030.